The first-order chi connectivity index (χ1) is 16.7. The number of esters is 1. The van der Waals surface area contributed by atoms with Gasteiger partial charge >= 0.3 is 5.97 Å². The van der Waals surface area contributed by atoms with E-state index in [1.54, 1.807) is 25.1 Å². The molecule has 0 aromatic heterocycles. The minimum atomic E-state index is -0.632. The van der Waals surface area contributed by atoms with Crippen molar-refractivity contribution >= 4 is 29.9 Å². The van der Waals surface area contributed by atoms with Gasteiger partial charge in [-0.1, -0.05) is 20.8 Å². The number of likely N-dealkylation sites (tertiary alicyclic amines) is 1. The highest BCUT2D eigenvalue weighted by Crippen LogP contribution is 2.18. The Labute approximate surface area is 207 Å². The summed E-state index contributed by atoms with van der Waals surface area (Å²) in [7, 11) is 1.42. The number of anilines is 1. The van der Waals surface area contributed by atoms with E-state index in [4.69, 9.17) is 15.2 Å². The van der Waals surface area contributed by atoms with Crippen LogP contribution in [0.3, 0.4) is 0 Å². The quantitative estimate of drug-likeness (QED) is 0.300. The second-order valence-electron chi connectivity index (χ2n) is 8.17. The standard InChI is InChI=1S/C17H25N3O2.C6H9NO4.C2H6/c1-4-13-10-14(7-8-15(13)18)16(21)19-12(3)17(22)20-9-5-6-11(20)2;1-10-6-4(7-3-8)2-5(9)11-6;1-2/h7-8,10-12H,4-6,9,18H2,1-3H3,(H,19,21);3-4,6H,2H2,1H3,(H,7,8);1-2H3/t11-,12+;4-,6+;/m10./s1. The van der Waals surface area contributed by atoms with Gasteiger partial charge in [-0.3, -0.25) is 19.2 Å². The summed E-state index contributed by atoms with van der Waals surface area (Å²) < 4.78 is 9.48. The molecule has 2 saturated heterocycles. The Bertz CT molecular complexity index is 862. The van der Waals surface area contributed by atoms with E-state index in [1.165, 1.54) is 7.11 Å². The maximum absolute atomic E-state index is 12.4. The largest absolute Gasteiger partial charge is 0.433 e. The van der Waals surface area contributed by atoms with Crippen molar-refractivity contribution in [3.8, 4) is 0 Å². The van der Waals surface area contributed by atoms with Gasteiger partial charge in [0.25, 0.3) is 5.91 Å². The van der Waals surface area contributed by atoms with Gasteiger partial charge in [0, 0.05) is 30.9 Å². The third kappa shape index (κ3) is 8.54. The van der Waals surface area contributed by atoms with Crippen LogP contribution in [-0.2, 0) is 30.3 Å². The highest BCUT2D eigenvalue weighted by atomic mass is 16.7. The molecule has 10 heteroatoms. The Morgan fingerprint density at radius 2 is 2.03 bits per heavy atom. The zero-order valence-corrected chi connectivity index (χ0v) is 21.6. The van der Waals surface area contributed by atoms with Crippen LogP contribution in [0.4, 0.5) is 5.69 Å². The van der Waals surface area contributed by atoms with Crippen molar-refractivity contribution in [2.45, 2.75) is 84.7 Å². The van der Waals surface area contributed by atoms with Gasteiger partial charge in [-0.2, -0.15) is 0 Å². The number of hydrogen-bond donors (Lipinski definition) is 3. The van der Waals surface area contributed by atoms with Crippen molar-refractivity contribution in [3.63, 3.8) is 0 Å². The van der Waals surface area contributed by atoms with Crippen LogP contribution in [0.5, 0.6) is 0 Å². The minimum Gasteiger partial charge on any atom is -0.433 e. The van der Waals surface area contributed by atoms with E-state index in [-0.39, 0.29) is 36.3 Å². The van der Waals surface area contributed by atoms with Crippen LogP contribution in [0.25, 0.3) is 0 Å². The van der Waals surface area contributed by atoms with Gasteiger partial charge in [0.1, 0.15) is 12.1 Å². The van der Waals surface area contributed by atoms with Gasteiger partial charge in [-0.15, -0.1) is 0 Å². The van der Waals surface area contributed by atoms with Crippen LogP contribution in [0.2, 0.25) is 0 Å². The van der Waals surface area contributed by atoms with E-state index in [0.717, 1.165) is 31.4 Å². The lowest BCUT2D eigenvalue weighted by Crippen LogP contribution is -2.48. The molecule has 4 N–H and O–H groups in total. The van der Waals surface area contributed by atoms with E-state index in [9.17, 15) is 19.2 Å². The first kappa shape index (κ1) is 29.9. The summed E-state index contributed by atoms with van der Waals surface area (Å²) in [4.78, 5) is 47.2. The van der Waals surface area contributed by atoms with Crippen LogP contribution >= 0.6 is 0 Å². The fraction of sp³-hybridized carbons (Fsp3) is 0.600. The summed E-state index contributed by atoms with van der Waals surface area (Å²) in [6.07, 6.45) is 2.91. The lowest BCUT2D eigenvalue weighted by molar-refractivity contribution is -0.159. The van der Waals surface area contributed by atoms with Crippen LogP contribution in [0.15, 0.2) is 18.2 Å². The van der Waals surface area contributed by atoms with E-state index in [1.807, 2.05) is 32.6 Å². The molecule has 2 aliphatic rings. The zero-order chi connectivity index (χ0) is 26.5. The van der Waals surface area contributed by atoms with E-state index >= 15 is 0 Å². The number of benzene rings is 1. The van der Waals surface area contributed by atoms with Gasteiger partial charge in [-0.25, -0.2) is 0 Å². The molecule has 0 unspecified atom stereocenters. The van der Waals surface area contributed by atoms with Crippen molar-refractivity contribution in [3.05, 3.63) is 29.3 Å². The molecule has 0 saturated carbocycles. The van der Waals surface area contributed by atoms with Gasteiger partial charge in [0.15, 0.2) is 0 Å². The fourth-order valence-electron chi connectivity index (χ4n) is 3.88. The third-order valence-corrected chi connectivity index (χ3v) is 5.82. The summed E-state index contributed by atoms with van der Waals surface area (Å²) in [5, 5.41) is 5.22. The number of hydrogen-bond acceptors (Lipinski definition) is 7. The molecule has 1 aromatic rings. The molecule has 2 aliphatic heterocycles. The number of amides is 3. The molecule has 1 aromatic carbocycles. The molecule has 0 aliphatic carbocycles. The second kappa shape index (κ2) is 15.0. The summed E-state index contributed by atoms with van der Waals surface area (Å²) >= 11 is 0. The number of ether oxygens (including phenoxy) is 2. The molecule has 2 heterocycles. The van der Waals surface area contributed by atoms with E-state index in [0.29, 0.717) is 17.7 Å². The average Bonchev–Trinajstić information content (AvgIpc) is 3.45. The number of aryl methyl sites for hydroxylation is 1. The molecule has 0 spiro atoms. The Hall–Kier alpha value is -3.14. The van der Waals surface area contributed by atoms with Crippen molar-refractivity contribution in [2.75, 3.05) is 19.4 Å². The normalized spacial score (nSPS) is 21.5. The highest BCUT2D eigenvalue weighted by molar-refractivity contribution is 5.98. The van der Waals surface area contributed by atoms with E-state index in [2.05, 4.69) is 10.6 Å². The van der Waals surface area contributed by atoms with Crippen molar-refractivity contribution in [1.29, 1.82) is 0 Å². The number of carbonyl (C=O) groups is 4. The molecule has 0 bridgehead atoms. The molecule has 4 atom stereocenters. The molecule has 3 amide bonds. The Balaban J connectivity index is 0.000000395. The first-order valence-electron chi connectivity index (χ1n) is 12.1. The Kier molecular flexibility index (Phi) is 12.8. The smallest absolute Gasteiger partial charge is 0.310 e. The molecule has 35 heavy (non-hydrogen) atoms. The maximum Gasteiger partial charge on any atom is 0.310 e. The topological polar surface area (TPSA) is 140 Å². The van der Waals surface area contributed by atoms with Gasteiger partial charge < -0.3 is 30.7 Å². The van der Waals surface area contributed by atoms with Crippen LogP contribution in [-0.4, -0.2) is 67.2 Å². The van der Waals surface area contributed by atoms with Crippen LogP contribution in [0.1, 0.15) is 69.8 Å². The van der Waals surface area contributed by atoms with Crippen LogP contribution in [0, 0.1) is 0 Å². The number of cyclic esters (lactones) is 1. The summed E-state index contributed by atoms with van der Waals surface area (Å²) in [6, 6.07) is 4.62. The van der Waals surface area contributed by atoms with Gasteiger partial charge in [0.2, 0.25) is 18.6 Å². The second-order valence-corrected chi connectivity index (χ2v) is 8.17. The molecular weight excluding hydrogens is 452 g/mol. The summed E-state index contributed by atoms with van der Waals surface area (Å²) in [5.41, 5.74) is 8.03. The summed E-state index contributed by atoms with van der Waals surface area (Å²) in [5.74, 6) is -0.594. The molecule has 196 valence electrons. The molecule has 2 fully saturated rings. The number of rotatable bonds is 7. The maximum atomic E-state index is 12.4. The molecule has 10 nitrogen and oxygen atoms in total. The monoisotopic (exact) mass is 492 g/mol. The molecular formula is C25H40N4O6. The molecule has 3 rings (SSSR count). The zero-order valence-electron chi connectivity index (χ0n) is 21.6. The molecule has 0 radical (unpaired) electrons. The number of nitrogens with one attached hydrogen (secondary N) is 2. The van der Waals surface area contributed by atoms with Crippen molar-refractivity contribution in [1.82, 2.24) is 15.5 Å². The van der Waals surface area contributed by atoms with Crippen LogP contribution < -0.4 is 16.4 Å². The van der Waals surface area contributed by atoms with Gasteiger partial charge in [-0.05, 0) is 56.9 Å². The Morgan fingerprint density at radius 1 is 1.34 bits per heavy atom. The van der Waals surface area contributed by atoms with E-state index < -0.39 is 12.3 Å². The lowest BCUT2D eigenvalue weighted by atomic mass is 10.1. The minimum absolute atomic E-state index is 0.00971. The highest BCUT2D eigenvalue weighted by Gasteiger charge is 2.34. The SMILES string of the molecule is CC.CCc1cc(C(=O)N[C@@H](C)C(=O)N2CCC[C@H]2C)ccc1N.CO[C@@H]1OC(=O)C[C@@H]1NC=O. The number of nitrogens with two attached hydrogens (primary N) is 1. The Morgan fingerprint density at radius 3 is 2.57 bits per heavy atom. The third-order valence-electron chi connectivity index (χ3n) is 5.82. The number of nitrogen functional groups attached to an aromatic ring is 1. The predicted octanol–water partition coefficient (Wildman–Crippen LogP) is 2.01. The number of methoxy groups -OCH3 is 1. The number of nitrogens with zero attached hydrogens (tertiary/aromatic N) is 1. The van der Waals surface area contributed by atoms with Crippen molar-refractivity contribution in [2.24, 2.45) is 0 Å². The predicted molar refractivity (Wildman–Crippen MR) is 133 cm³/mol. The first-order valence-corrected chi connectivity index (χ1v) is 12.1. The fourth-order valence-corrected chi connectivity index (χ4v) is 3.88. The van der Waals surface area contributed by atoms with Gasteiger partial charge in [0.05, 0.1) is 6.42 Å². The number of carbonyl (C=O) groups excluding carboxylic acids is 4. The average molecular weight is 493 g/mol. The van der Waals surface area contributed by atoms with Crippen molar-refractivity contribution < 1.29 is 28.7 Å². The summed E-state index contributed by atoms with van der Waals surface area (Å²) in [6.45, 7) is 10.6. The lowest BCUT2D eigenvalue weighted by Gasteiger charge is -2.25.